The Hall–Kier alpha value is -1.47. The van der Waals surface area contributed by atoms with Crippen LogP contribution in [0.4, 0.5) is 5.82 Å². The van der Waals surface area contributed by atoms with Crippen molar-refractivity contribution in [1.82, 2.24) is 14.9 Å². The molecule has 2 heterocycles. The minimum absolute atomic E-state index is 0.0645. The molecule has 0 bridgehead atoms. The maximum atomic E-state index is 11.6. The molecule has 122 valence electrons. The van der Waals surface area contributed by atoms with E-state index in [4.69, 9.17) is 28.9 Å². The lowest BCUT2D eigenvalue weighted by Gasteiger charge is -2.29. The van der Waals surface area contributed by atoms with Crippen LogP contribution in [-0.4, -0.2) is 45.9 Å². The molecule has 1 aromatic carbocycles. The number of rotatable bonds is 4. The van der Waals surface area contributed by atoms with E-state index in [1.807, 2.05) is 11.8 Å². The first-order valence-corrected chi connectivity index (χ1v) is 8.09. The molecule has 3 rings (SSSR count). The molecular formula is C15H17Cl2N5O. The van der Waals surface area contributed by atoms with Gasteiger partial charge in [0.25, 0.3) is 0 Å². The van der Waals surface area contributed by atoms with Gasteiger partial charge in [0, 0.05) is 24.0 Å². The van der Waals surface area contributed by atoms with Gasteiger partial charge in [0.1, 0.15) is 18.3 Å². The Bertz CT molecular complexity index is 741. The Morgan fingerprint density at radius 2 is 2.13 bits per heavy atom. The second-order valence-corrected chi connectivity index (χ2v) is 6.48. The molecule has 1 fully saturated rings. The third-order valence-electron chi connectivity index (χ3n) is 4.31. The quantitative estimate of drug-likeness (QED) is 0.820. The van der Waals surface area contributed by atoms with Gasteiger partial charge in [0.15, 0.2) is 6.29 Å². The van der Waals surface area contributed by atoms with Crippen molar-refractivity contribution in [3.05, 3.63) is 28.5 Å². The predicted molar refractivity (Wildman–Crippen MR) is 91.8 cm³/mol. The van der Waals surface area contributed by atoms with Gasteiger partial charge < -0.3 is 11.1 Å². The Labute approximate surface area is 144 Å². The third kappa shape index (κ3) is 3.12. The number of nitrogens with zero attached hydrogens (tertiary/aromatic N) is 3. The first-order chi connectivity index (χ1) is 11.0. The highest BCUT2D eigenvalue weighted by molar-refractivity contribution is 6.42. The Morgan fingerprint density at radius 1 is 1.39 bits per heavy atom. The molecule has 3 N–H and O–H groups in total. The summed E-state index contributed by atoms with van der Waals surface area (Å²) in [5, 5.41) is 4.71. The predicted octanol–water partition coefficient (Wildman–Crippen LogP) is 2.29. The molecule has 6 nitrogen and oxygen atoms in total. The van der Waals surface area contributed by atoms with E-state index >= 15 is 0 Å². The molecule has 2 aromatic rings. The van der Waals surface area contributed by atoms with Gasteiger partial charge in [-0.1, -0.05) is 23.2 Å². The van der Waals surface area contributed by atoms with Crippen LogP contribution in [0.25, 0.3) is 10.9 Å². The molecule has 1 saturated heterocycles. The number of carbonyl (C=O) groups excluding carboxylic acids is 1. The van der Waals surface area contributed by atoms with Gasteiger partial charge in [-0.15, -0.1) is 0 Å². The monoisotopic (exact) mass is 353 g/mol. The third-order valence-corrected chi connectivity index (χ3v) is 5.03. The van der Waals surface area contributed by atoms with E-state index in [2.05, 4.69) is 15.3 Å². The molecule has 1 aromatic heterocycles. The average molecular weight is 354 g/mol. The second kappa shape index (κ2) is 6.57. The van der Waals surface area contributed by atoms with Crippen molar-refractivity contribution < 1.29 is 4.79 Å². The standard InChI is InChI=1S/C15H17Cl2N5O/c1-8-12(18)2-3-22(8)14(6-23)21-15-9-4-10(16)11(17)5-13(9)19-7-20-15/h4-8,12,14H,2-3,18H2,1H3,(H,19,20,21)/t8-,12+,14?/m0/s1. The number of hydrogen-bond acceptors (Lipinski definition) is 6. The number of anilines is 1. The largest absolute Gasteiger partial charge is 0.348 e. The van der Waals surface area contributed by atoms with Gasteiger partial charge >= 0.3 is 0 Å². The Kier molecular flexibility index (Phi) is 4.68. The van der Waals surface area contributed by atoms with E-state index < -0.39 is 6.17 Å². The minimum atomic E-state index is -0.508. The highest BCUT2D eigenvalue weighted by Crippen LogP contribution is 2.30. The van der Waals surface area contributed by atoms with E-state index in [1.54, 1.807) is 12.1 Å². The summed E-state index contributed by atoms with van der Waals surface area (Å²) in [6, 6.07) is 3.55. The normalized spacial score (nSPS) is 23.1. The SMILES string of the molecule is C[C@H]1[C@H](N)CCN1C(C=O)Nc1ncnc2cc(Cl)c(Cl)cc12. The van der Waals surface area contributed by atoms with Crippen molar-refractivity contribution in [2.75, 3.05) is 11.9 Å². The molecule has 0 amide bonds. The first-order valence-electron chi connectivity index (χ1n) is 7.34. The van der Waals surface area contributed by atoms with Gasteiger partial charge in [-0.25, -0.2) is 9.97 Å². The number of nitrogens with one attached hydrogen (secondary N) is 1. The lowest BCUT2D eigenvalue weighted by Crippen LogP contribution is -2.47. The molecule has 0 saturated carbocycles. The van der Waals surface area contributed by atoms with E-state index in [9.17, 15) is 4.79 Å². The van der Waals surface area contributed by atoms with Crippen LogP contribution < -0.4 is 11.1 Å². The summed E-state index contributed by atoms with van der Waals surface area (Å²) in [7, 11) is 0. The lowest BCUT2D eigenvalue weighted by atomic mass is 10.1. The fraction of sp³-hybridized carbons (Fsp3) is 0.400. The van der Waals surface area contributed by atoms with Crippen molar-refractivity contribution in [1.29, 1.82) is 0 Å². The molecule has 23 heavy (non-hydrogen) atoms. The Balaban J connectivity index is 1.94. The molecule has 0 aliphatic carbocycles. The number of carbonyl (C=O) groups is 1. The zero-order valence-corrected chi connectivity index (χ0v) is 14.1. The lowest BCUT2D eigenvalue weighted by molar-refractivity contribution is -0.111. The number of likely N-dealkylation sites (tertiary alicyclic amines) is 1. The smallest absolute Gasteiger partial charge is 0.157 e. The number of hydrogen-bond donors (Lipinski definition) is 2. The van der Waals surface area contributed by atoms with Crippen molar-refractivity contribution >= 4 is 46.2 Å². The fourth-order valence-electron chi connectivity index (χ4n) is 2.88. The van der Waals surface area contributed by atoms with Crippen LogP contribution in [0.2, 0.25) is 10.0 Å². The van der Waals surface area contributed by atoms with Crippen LogP contribution in [0.5, 0.6) is 0 Å². The number of halogens is 2. The van der Waals surface area contributed by atoms with Crippen LogP contribution in [0.1, 0.15) is 13.3 Å². The number of aldehydes is 1. The maximum absolute atomic E-state index is 11.6. The van der Waals surface area contributed by atoms with Crippen LogP contribution >= 0.6 is 23.2 Å². The van der Waals surface area contributed by atoms with Crippen molar-refractivity contribution in [2.24, 2.45) is 5.73 Å². The van der Waals surface area contributed by atoms with E-state index in [1.165, 1.54) is 6.33 Å². The molecular weight excluding hydrogens is 337 g/mol. The highest BCUT2D eigenvalue weighted by Gasteiger charge is 2.33. The van der Waals surface area contributed by atoms with Gasteiger partial charge in [-0.2, -0.15) is 0 Å². The molecule has 1 aliphatic rings. The van der Waals surface area contributed by atoms with Crippen LogP contribution in [0.15, 0.2) is 18.5 Å². The maximum Gasteiger partial charge on any atom is 0.157 e. The van der Waals surface area contributed by atoms with Crippen molar-refractivity contribution in [3.8, 4) is 0 Å². The van der Waals surface area contributed by atoms with E-state index in [0.29, 0.717) is 26.8 Å². The topological polar surface area (TPSA) is 84.1 Å². The molecule has 8 heteroatoms. The molecule has 1 aliphatic heterocycles. The minimum Gasteiger partial charge on any atom is -0.348 e. The first kappa shape index (κ1) is 16.4. The van der Waals surface area contributed by atoms with Gasteiger partial charge in [-0.05, 0) is 25.5 Å². The Morgan fingerprint density at radius 3 is 2.78 bits per heavy atom. The summed E-state index contributed by atoms with van der Waals surface area (Å²) >= 11 is 12.1. The number of nitrogens with two attached hydrogens (primary N) is 1. The van der Waals surface area contributed by atoms with E-state index in [-0.39, 0.29) is 12.1 Å². The molecule has 1 unspecified atom stereocenters. The van der Waals surface area contributed by atoms with E-state index in [0.717, 1.165) is 19.3 Å². The van der Waals surface area contributed by atoms with Crippen molar-refractivity contribution in [2.45, 2.75) is 31.6 Å². The highest BCUT2D eigenvalue weighted by atomic mass is 35.5. The van der Waals surface area contributed by atoms with Crippen LogP contribution in [0, 0.1) is 0 Å². The fourth-order valence-corrected chi connectivity index (χ4v) is 3.20. The van der Waals surface area contributed by atoms with Crippen molar-refractivity contribution in [3.63, 3.8) is 0 Å². The number of aromatic nitrogens is 2. The molecule has 3 atom stereocenters. The summed E-state index contributed by atoms with van der Waals surface area (Å²) in [5.41, 5.74) is 6.70. The zero-order chi connectivity index (χ0) is 16.6. The van der Waals surface area contributed by atoms with Gasteiger partial charge in [-0.3, -0.25) is 9.69 Å². The number of benzene rings is 1. The average Bonchev–Trinajstić information content (AvgIpc) is 2.86. The summed E-state index contributed by atoms with van der Waals surface area (Å²) < 4.78 is 0. The zero-order valence-electron chi connectivity index (χ0n) is 12.5. The summed E-state index contributed by atoms with van der Waals surface area (Å²) in [4.78, 5) is 22.0. The van der Waals surface area contributed by atoms with Gasteiger partial charge in [0.2, 0.25) is 0 Å². The van der Waals surface area contributed by atoms with Gasteiger partial charge in [0.05, 0.1) is 15.6 Å². The molecule has 0 radical (unpaired) electrons. The summed E-state index contributed by atoms with van der Waals surface area (Å²) in [6.07, 6.45) is 2.64. The second-order valence-electron chi connectivity index (χ2n) is 5.66. The molecule has 0 spiro atoms. The summed E-state index contributed by atoms with van der Waals surface area (Å²) in [5.74, 6) is 0.540. The number of fused-ring (bicyclic) bond motifs is 1. The summed E-state index contributed by atoms with van der Waals surface area (Å²) in [6.45, 7) is 2.78. The van der Waals surface area contributed by atoms with Crippen LogP contribution in [0.3, 0.4) is 0 Å². The van der Waals surface area contributed by atoms with Crippen LogP contribution in [-0.2, 0) is 4.79 Å².